The van der Waals surface area contributed by atoms with Crippen molar-refractivity contribution < 1.29 is 9.39 Å². The molecule has 0 heterocycles. The van der Waals surface area contributed by atoms with Gasteiger partial charge >= 0.3 is 0 Å². The SMILES string of the molecule is CC(=O)C(CN[N+](C)(C)C)CC(C)C.I. The zero-order chi connectivity index (χ0) is 11.4. The van der Waals surface area contributed by atoms with Crippen LogP contribution in [0, 0.1) is 11.8 Å². The molecule has 92 valence electrons. The number of hydrogen-bond acceptors (Lipinski definition) is 2. The number of quaternary nitrogens is 1. The largest absolute Gasteiger partial charge is 0.300 e. The van der Waals surface area contributed by atoms with Crippen LogP contribution in [-0.2, 0) is 4.79 Å². The molecule has 15 heavy (non-hydrogen) atoms. The lowest BCUT2D eigenvalue weighted by molar-refractivity contribution is -0.915. The molecule has 0 aromatic rings. The topological polar surface area (TPSA) is 29.1 Å². The second-order valence-corrected chi connectivity index (χ2v) is 5.31. The Bertz CT molecular complexity index is 188. The van der Waals surface area contributed by atoms with Crippen LogP contribution in [0.3, 0.4) is 0 Å². The van der Waals surface area contributed by atoms with Gasteiger partial charge in [0.05, 0.1) is 27.7 Å². The van der Waals surface area contributed by atoms with Crippen molar-refractivity contribution in [2.24, 2.45) is 11.8 Å². The zero-order valence-corrected chi connectivity index (χ0v) is 13.2. The maximum atomic E-state index is 11.3. The van der Waals surface area contributed by atoms with Gasteiger partial charge in [-0.15, -0.1) is 24.0 Å². The van der Waals surface area contributed by atoms with Crippen LogP contribution in [0.5, 0.6) is 0 Å². The molecule has 0 saturated carbocycles. The highest BCUT2D eigenvalue weighted by Crippen LogP contribution is 2.12. The lowest BCUT2D eigenvalue weighted by Crippen LogP contribution is -2.50. The smallest absolute Gasteiger partial charge is 0.134 e. The number of nitrogens with one attached hydrogen (secondary N) is 1. The number of Topliss-reactive ketones (excluding diaryl/α,β-unsaturated/α-hetero) is 1. The average molecular weight is 329 g/mol. The average Bonchev–Trinajstić information content (AvgIpc) is 1.94. The monoisotopic (exact) mass is 329 g/mol. The molecule has 4 heteroatoms. The number of carbonyl (C=O) groups is 1. The van der Waals surface area contributed by atoms with Gasteiger partial charge in [-0.25, -0.2) is 0 Å². The Hall–Kier alpha value is 0.320. The molecule has 1 unspecified atom stereocenters. The molecule has 0 aliphatic rings. The minimum atomic E-state index is 0. The van der Waals surface area contributed by atoms with E-state index in [1.165, 1.54) is 0 Å². The van der Waals surface area contributed by atoms with Crippen molar-refractivity contribution in [3.8, 4) is 0 Å². The Morgan fingerprint density at radius 2 is 1.73 bits per heavy atom. The number of nitrogens with zero attached hydrogens (tertiary/aromatic N) is 1. The van der Waals surface area contributed by atoms with Crippen molar-refractivity contribution in [1.82, 2.24) is 5.43 Å². The number of ketones is 1. The van der Waals surface area contributed by atoms with Gasteiger partial charge in [0.1, 0.15) is 5.78 Å². The minimum absolute atomic E-state index is 0. The number of hydrogen-bond donors (Lipinski definition) is 1. The molecule has 0 saturated heterocycles. The minimum Gasteiger partial charge on any atom is -0.300 e. The first kappa shape index (κ1) is 17.7. The van der Waals surface area contributed by atoms with E-state index in [1.54, 1.807) is 6.92 Å². The van der Waals surface area contributed by atoms with Crippen molar-refractivity contribution in [2.45, 2.75) is 27.2 Å². The van der Waals surface area contributed by atoms with E-state index in [9.17, 15) is 4.79 Å². The molecule has 0 spiro atoms. The van der Waals surface area contributed by atoms with E-state index in [4.69, 9.17) is 0 Å². The van der Waals surface area contributed by atoms with E-state index >= 15 is 0 Å². The molecule has 0 radical (unpaired) electrons. The highest BCUT2D eigenvalue weighted by atomic mass is 127. The summed E-state index contributed by atoms with van der Waals surface area (Å²) in [5.74, 6) is 1.03. The normalized spacial score (nSPS) is 13.5. The number of rotatable bonds is 6. The quantitative estimate of drug-likeness (QED) is 0.459. The summed E-state index contributed by atoms with van der Waals surface area (Å²) in [5.41, 5.74) is 3.33. The van der Waals surface area contributed by atoms with Crippen LogP contribution in [0.25, 0.3) is 0 Å². The Labute approximate surface area is 111 Å². The Morgan fingerprint density at radius 3 is 2.00 bits per heavy atom. The summed E-state index contributed by atoms with van der Waals surface area (Å²) in [6.45, 7) is 6.77. The highest BCUT2D eigenvalue weighted by molar-refractivity contribution is 14.0. The summed E-state index contributed by atoms with van der Waals surface area (Å²) in [4.78, 5) is 11.3. The third-order valence-corrected chi connectivity index (χ3v) is 2.14. The maximum Gasteiger partial charge on any atom is 0.134 e. The fourth-order valence-electron chi connectivity index (χ4n) is 1.35. The van der Waals surface area contributed by atoms with Gasteiger partial charge < -0.3 is 0 Å². The molecule has 0 fully saturated rings. The van der Waals surface area contributed by atoms with Crippen LogP contribution in [-0.4, -0.2) is 38.1 Å². The second-order valence-electron chi connectivity index (χ2n) is 5.31. The molecule has 0 rings (SSSR count). The lowest BCUT2D eigenvalue weighted by Gasteiger charge is -2.26. The van der Waals surface area contributed by atoms with Gasteiger partial charge in [0.15, 0.2) is 0 Å². The first-order valence-corrected chi connectivity index (χ1v) is 5.29. The van der Waals surface area contributed by atoms with Crippen LogP contribution in [0.1, 0.15) is 27.2 Å². The molecule has 0 bridgehead atoms. The first-order valence-electron chi connectivity index (χ1n) is 5.29. The third-order valence-electron chi connectivity index (χ3n) is 2.14. The van der Waals surface area contributed by atoms with Crippen LogP contribution in [0.2, 0.25) is 0 Å². The third kappa shape index (κ3) is 10.6. The van der Waals surface area contributed by atoms with Crippen LogP contribution < -0.4 is 5.43 Å². The Kier molecular flexibility index (Phi) is 8.94. The lowest BCUT2D eigenvalue weighted by atomic mass is 9.94. The van der Waals surface area contributed by atoms with Gasteiger partial charge in [-0.2, -0.15) is 5.43 Å². The van der Waals surface area contributed by atoms with Crippen molar-refractivity contribution in [1.29, 1.82) is 0 Å². The summed E-state index contributed by atoms with van der Waals surface area (Å²) in [7, 11) is 6.19. The zero-order valence-electron chi connectivity index (χ0n) is 10.8. The summed E-state index contributed by atoms with van der Waals surface area (Å²) in [5, 5.41) is 0. The Balaban J connectivity index is 0. The van der Waals surface area contributed by atoms with Gasteiger partial charge in [-0.05, 0) is 19.3 Å². The van der Waals surface area contributed by atoms with Crippen molar-refractivity contribution in [2.75, 3.05) is 27.7 Å². The molecule has 0 aliphatic carbocycles. The highest BCUT2D eigenvalue weighted by Gasteiger charge is 2.18. The molecule has 1 atom stereocenters. The predicted octanol–water partition coefficient (Wildman–Crippen LogP) is 2.07. The standard InChI is InChI=1S/C11H25N2O.HI/c1-9(2)7-11(10(3)14)8-12-13(4,5)6;/h9,11-12H,7-8H2,1-6H3;1H/q+1;. The van der Waals surface area contributed by atoms with Crippen LogP contribution in [0.4, 0.5) is 0 Å². The van der Waals surface area contributed by atoms with Crippen molar-refractivity contribution >= 4 is 29.8 Å². The molecule has 1 N–H and O–H groups in total. The molecule has 0 aliphatic heterocycles. The van der Waals surface area contributed by atoms with E-state index in [-0.39, 0.29) is 29.9 Å². The number of carbonyl (C=O) groups excluding carboxylic acids is 1. The van der Waals surface area contributed by atoms with E-state index in [0.717, 1.165) is 13.0 Å². The molecular formula is C11H26IN2O+. The molecule has 0 amide bonds. The summed E-state index contributed by atoms with van der Waals surface area (Å²) < 4.78 is 0.696. The molecular weight excluding hydrogens is 303 g/mol. The fourth-order valence-corrected chi connectivity index (χ4v) is 1.35. The van der Waals surface area contributed by atoms with Gasteiger partial charge in [0.25, 0.3) is 0 Å². The molecule has 3 nitrogen and oxygen atoms in total. The van der Waals surface area contributed by atoms with E-state index in [2.05, 4.69) is 40.4 Å². The van der Waals surface area contributed by atoms with Crippen molar-refractivity contribution in [3.63, 3.8) is 0 Å². The molecule has 0 aromatic heterocycles. The predicted molar refractivity (Wildman–Crippen MR) is 75.1 cm³/mol. The van der Waals surface area contributed by atoms with Crippen LogP contribution in [0.15, 0.2) is 0 Å². The van der Waals surface area contributed by atoms with Crippen molar-refractivity contribution in [3.05, 3.63) is 0 Å². The fraction of sp³-hybridized carbons (Fsp3) is 0.909. The van der Waals surface area contributed by atoms with Gasteiger partial charge in [-0.3, -0.25) is 9.39 Å². The maximum absolute atomic E-state index is 11.3. The van der Waals surface area contributed by atoms with E-state index < -0.39 is 0 Å². The summed E-state index contributed by atoms with van der Waals surface area (Å²) >= 11 is 0. The van der Waals surface area contributed by atoms with Crippen LogP contribution >= 0.6 is 24.0 Å². The molecule has 0 aromatic carbocycles. The first-order chi connectivity index (χ1) is 6.22. The van der Waals surface area contributed by atoms with E-state index in [0.29, 0.717) is 16.3 Å². The Morgan fingerprint density at radius 1 is 1.27 bits per heavy atom. The van der Waals surface area contributed by atoms with Gasteiger partial charge in [0.2, 0.25) is 0 Å². The summed E-state index contributed by atoms with van der Waals surface area (Å²) in [6, 6.07) is 0. The van der Waals surface area contributed by atoms with Gasteiger partial charge in [0, 0.05) is 5.92 Å². The summed E-state index contributed by atoms with van der Waals surface area (Å²) in [6.07, 6.45) is 0.975. The van der Waals surface area contributed by atoms with Gasteiger partial charge in [-0.1, -0.05) is 13.8 Å². The number of halogens is 1. The second kappa shape index (κ2) is 7.57. The van der Waals surface area contributed by atoms with E-state index in [1.807, 2.05) is 0 Å².